The van der Waals surface area contributed by atoms with Gasteiger partial charge in [-0.15, -0.1) is 0 Å². The lowest BCUT2D eigenvalue weighted by Gasteiger charge is -2.38. The average Bonchev–Trinajstić information content (AvgIpc) is 3.04. The maximum Gasteiger partial charge on any atom is 0.225 e. The number of benzene rings is 2. The van der Waals surface area contributed by atoms with Crippen LogP contribution in [0.3, 0.4) is 0 Å². The highest BCUT2D eigenvalue weighted by atomic mass is 16.2. The van der Waals surface area contributed by atoms with E-state index >= 15 is 0 Å². The van der Waals surface area contributed by atoms with Gasteiger partial charge in [-0.1, -0.05) is 25.0 Å². The minimum Gasteiger partial charge on any atom is -0.386 e. The highest BCUT2D eigenvalue weighted by molar-refractivity contribution is 5.81. The summed E-state index contributed by atoms with van der Waals surface area (Å²) in [6, 6.07) is 11.1. The molecular weight excluding hydrogens is 560 g/mol. The molecule has 2 aromatic rings. The zero-order valence-corrected chi connectivity index (χ0v) is 28.4. The van der Waals surface area contributed by atoms with Gasteiger partial charge < -0.3 is 31.2 Å². The second-order valence-electron chi connectivity index (χ2n) is 12.9. The number of aliphatic imine (C=N–C) groups is 1. The summed E-state index contributed by atoms with van der Waals surface area (Å²) in [4.78, 5) is 22.7. The van der Waals surface area contributed by atoms with Crippen molar-refractivity contribution < 1.29 is 4.79 Å². The molecule has 246 valence electrons. The van der Waals surface area contributed by atoms with Crippen LogP contribution < -0.4 is 32.1 Å². The fraction of sp³-hybridized carbons (Fsp3) is 0.556. The Morgan fingerprint density at radius 2 is 1.67 bits per heavy atom. The Morgan fingerprint density at radius 1 is 0.978 bits per heavy atom. The first-order chi connectivity index (χ1) is 21.7. The number of carbonyl (C=O) groups excluding carboxylic acids is 1. The average molecular weight is 617 g/mol. The number of hydrogen-bond donors (Lipinski definition) is 5. The van der Waals surface area contributed by atoms with Crippen molar-refractivity contribution in [2.45, 2.75) is 79.2 Å². The number of carbonyl (C=O) groups is 1. The molecule has 4 rings (SSSR count). The Labute approximate surface area is 271 Å². The molecule has 2 heterocycles. The standard InChI is InChI=1S/C36H56N8O/c1-7-8-27(4)30(22-39-24-41-32-18-25(2)17-26(3)19-32)23-40-31-11-15-44(16-12-31)36(45)29-9-13-43(14-10-29)35-21-33(38-6)34(42-37)20-28(35)5/h17-22,29,31,38,40-42H,7-16,23-24,37H2,1-6H3/b30-27-,39-22-. The van der Waals surface area contributed by atoms with Gasteiger partial charge in [-0.2, -0.15) is 0 Å². The van der Waals surface area contributed by atoms with Gasteiger partial charge in [0.15, 0.2) is 0 Å². The third-order valence-electron chi connectivity index (χ3n) is 9.35. The second kappa shape index (κ2) is 16.7. The fourth-order valence-corrected chi connectivity index (χ4v) is 6.76. The van der Waals surface area contributed by atoms with Crippen molar-refractivity contribution in [3.05, 3.63) is 58.2 Å². The van der Waals surface area contributed by atoms with E-state index in [4.69, 9.17) is 10.8 Å². The molecule has 0 saturated carbocycles. The van der Waals surface area contributed by atoms with Crippen molar-refractivity contribution in [2.75, 3.05) is 67.4 Å². The van der Waals surface area contributed by atoms with E-state index in [1.807, 2.05) is 13.3 Å². The molecule has 0 atom stereocenters. The number of nitrogen functional groups attached to an aromatic ring is 1. The molecule has 2 aromatic carbocycles. The number of allylic oxidation sites excluding steroid dienone is 1. The quantitative estimate of drug-likeness (QED) is 0.107. The summed E-state index contributed by atoms with van der Waals surface area (Å²) in [6.45, 7) is 15.6. The number of piperidine rings is 2. The third-order valence-corrected chi connectivity index (χ3v) is 9.35. The number of aryl methyl sites for hydroxylation is 3. The maximum atomic E-state index is 13.5. The van der Waals surface area contributed by atoms with Crippen LogP contribution >= 0.6 is 0 Å². The smallest absolute Gasteiger partial charge is 0.225 e. The molecule has 2 fully saturated rings. The lowest BCUT2D eigenvalue weighted by atomic mass is 9.93. The zero-order chi connectivity index (χ0) is 32.3. The number of hydrazine groups is 1. The minimum absolute atomic E-state index is 0.111. The fourth-order valence-electron chi connectivity index (χ4n) is 6.76. The molecule has 2 aliphatic heterocycles. The molecule has 45 heavy (non-hydrogen) atoms. The van der Waals surface area contributed by atoms with Crippen LogP contribution in [-0.4, -0.2) is 69.5 Å². The molecular formula is C36H56N8O. The largest absolute Gasteiger partial charge is 0.386 e. The van der Waals surface area contributed by atoms with Gasteiger partial charge in [0.1, 0.15) is 6.67 Å². The summed E-state index contributed by atoms with van der Waals surface area (Å²) in [5.74, 6) is 6.14. The van der Waals surface area contributed by atoms with Crippen molar-refractivity contribution in [3.63, 3.8) is 0 Å². The second-order valence-corrected chi connectivity index (χ2v) is 12.9. The summed E-state index contributed by atoms with van der Waals surface area (Å²) in [5.41, 5.74) is 13.3. The molecule has 0 spiro atoms. The van der Waals surface area contributed by atoms with E-state index in [-0.39, 0.29) is 5.92 Å². The molecule has 0 aliphatic carbocycles. The van der Waals surface area contributed by atoms with Gasteiger partial charge in [-0.25, -0.2) is 0 Å². The van der Waals surface area contributed by atoms with Crippen LogP contribution in [0.5, 0.6) is 0 Å². The maximum absolute atomic E-state index is 13.5. The summed E-state index contributed by atoms with van der Waals surface area (Å²) >= 11 is 0. The molecule has 2 aliphatic rings. The monoisotopic (exact) mass is 616 g/mol. The lowest BCUT2D eigenvalue weighted by Crippen LogP contribution is -2.49. The highest BCUT2D eigenvalue weighted by Gasteiger charge is 2.31. The topological polar surface area (TPSA) is 110 Å². The van der Waals surface area contributed by atoms with Crippen molar-refractivity contribution in [3.8, 4) is 0 Å². The van der Waals surface area contributed by atoms with Gasteiger partial charge in [-0.3, -0.25) is 15.6 Å². The number of nitrogens with one attached hydrogen (secondary N) is 4. The van der Waals surface area contributed by atoms with Crippen LogP contribution in [-0.2, 0) is 4.79 Å². The molecule has 9 heteroatoms. The van der Waals surface area contributed by atoms with E-state index < -0.39 is 0 Å². The number of likely N-dealkylation sites (tertiary alicyclic amines) is 1. The molecule has 0 radical (unpaired) electrons. The summed E-state index contributed by atoms with van der Waals surface area (Å²) in [7, 11) is 1.91. The molecule has 0 unspecified atom stereocenters. The van der Waals surface area contributed by atoms with Crippen LogP contribution in [0.2, 0.25) is 0 Å². The zero-order valence-electron chi connectivity index (χ0n) is 28.4. The van der Waals surface area contributed by atoms with Crippen LogP contribution in [0.4, 0.5) is 22.7 Å². The van der Waals surface area contributed by atoms with E-state index in [1.54, 1.807) is 0 Å². The first-order valence-electron chi connectivity index (χ1n) is 16.8. The van der Waals surface area contributed by atoms with Crippen LogP contribution in [0, 0.1) is 26.7 Å². The Hall–Kier alpha value is -3.56. The molecule has 9 nitrogen and oxygen atoms in total. The van der Waals surface area contributed by atoms with Gasteiger partial charge in [0.2, 0.25) is 5.91 Å². The summed E-state index contributed by atoms with van der Waals surface area (Å²) in [6.07, 6.45) is 8.01. The summed E-state index contributed by atoms with van der Waals surface area (Å²) in [5, 5.41) is 10.4. The van der Waals surface area contributed by atoms with Crippen LogP contribution in [0.1, 0.15) is 69.1 Å². The molecule has 6 N–H and O–H groups in total. The van der Waals surface area contributed by atoms with E-state index in [1.165, 1.54) is 33.5 Å². The first kappa shape index (κ1) is 34.3. The first-order valence-corrected chi connectivity index (χ1v) is 16.8. The minimum atomic E-state index is 0.111. The Kier molecular flexibility index (Phi) is 12.7. The van der Waals surface area contributed by atoms with Gasteiger partial charge in [-0.05, 0) is 106 Å². The number of rotatable bonds is 13. The lowest BCUT2D eigenvalue weighted by molar-refractivity contribution is -0.137. The van der Waals surface area contributed by atoms with E-state index in [9.17, 15) is 4.79 Å². The Morgan fingerprint density at radius 3 is 2.29 bits per heavy atom. The SMILES string of the molecule is CCC/C(C)=C(/C=N\CNc1cc(C)cc(C)c1)CNC1CCN(C(=O)C2CCN(c3cc(NC)c(NN)cc3C)CC2)CC1. The van der Waals surface area contributed by atoms with Gasteiger partial charge in [0.05, 0.1) is 11.4 Å². The molecule has 1 amide bonds. The van der Waals surface area contributed by atoms with Crippen molar-refractivity contribution in [1.82, 2.24) is 10.2 Å². The van der Waals surface area contributed by atoms with E-state index in [0.29, 0.717) is 18.6 Å². The van der Waals surface area contributed by atoms with E-state index in [0.717, 1.165) is 88.3 Å². The number of nitrogens with zero attached hydrogens (tertiary/aromatic N) is 3. The number of hydrogen-bond acceptors (Lipinski definition) is 8. The number of nitrogens with two attached hydrogens (primary N) is 1. The van der Waals surface area contributed by atoms with Crippen molar-refractivity contribution in [2.24, 2.45) is 16.8 Å². The molecule has 0 aromatic heterocycles. The van der Waals surface area contributed by atoms with E-state index in [2.05, 4.69) is 96.1 Å². The van der Waals surface area contributed by atoms with Crippen LogP contribution in [0.15, 0.2) is 46.5 Å². The Balaban J connectivity index is 1.23. The van der Waals surface area contributed by atoms with Crippen molar-refractivity contribution >= 4 is 34.9 Å². The summed E-state index contributed by atoms with van der Waals surface area (Å²) < 4.78 is 0. The predicted molar refractivity (Wildman–Crippen MR) is 192 cm³/mol. The van der Waals surface area contributed by atoms with Crippen LogP contribution in [0.25, 0.3) is 0 Å². The van der Waals surface area contributed by atoms with Gasteiger partial charge in [0.25, 0.3) is 0 Å². The third kappa shape index (κ3) is 9.47. The number of amides is 1. The van der Waals surface area contributed by atoms with Gasteiger partial charge >= 0.3 is 0 Å². The van der Waals surface area contributed by atoms with Crippen molar-refractivity contribution in [1.29, 1.82) is 0 Å². The number of anilines is 4. The molecule has 0 bridgehead atoms. The highest BCUT2D eigenvalue weighted by Crippen LogP contribution is 2.33. The molecule has 2 saturated heterocycles. The predicted octanol–water partition coefficient (Wildman–Crippen LogP) is 5.99. The normalized spacial score (nSPS) is 17.0. The van der Waals surface area contributed by atoms with Gasteiger partial charge in [0, 0.05) is 69.3 Å². The Bertz CT molecular complexity index is 1320.